The number of ether oxygens (including phenoxy) is 1. The molecule has 4 heteroatoms. The van der Waals surface area contributed by atoms with Gasteiger partial charge >= 0.3 is 0 Å². The molecule has 3 N–H and O–H groups in total. The summed E-state index contributed by atoms with van der Waals surface area (Å²) >= 11 is 0. The average Bonchev–Trinajstić information content (AvgIpc) is 2.32. The van der Waals surface area contributed by atoms with Crippen LogP contribution in [0, 0.1) is 11.8 Å². The maximum absolute atomic E-state index is 12.0. The predicted molar refractivity (Wildman–Crippen MR) is 68.6 cm³/mol. The number of methoxy groups -OCH3 is 1. The molecule has 0 aromatic rings. The number of nitrogens with two attached hydrogens (primary N) is 1. The Hall–Kier alpha value is -0.610. The second-order valence-electron chi connectivity index (χ2n) is 5.18. The summed E-state index contributed by atoms with van der Waals surface area (Å²) in [6.07, 6.45) is 5.02. The molecule has 3 atom stereocenters. The van der Waals surface area contributed by atoms with Gasteiger partial charge in [0.05, 0.1) is 5.92 Å². The van der Waals surface area contributed by atoms with E-state index in [4.69, 9.17) is 10.5 Å². The van der Waals surface area contributed by atoms with Gasteiger partial charge in [-0.25, -0.2) is 0 Å². The molecule has 1 aliphatic rings. The van der Waals surface area contributed by atoms with Crippen LogP contribution in [-0.2, 0) is 9.53 Å². The summed E-state index contributed by atoms with van der Waals surface area (Å²) in [7, 11) is 1.70. The minimum Gasteiger partial charge on any atom is -0.385 e. The van der Waals surface area contributed by atoms with Crippen LogP contribution in [0.15, 0.2) is 0 Å². The summed E-state index contributed by atoms with van der Waals surface area (Å²) in [6.45, 7) is 3.69. The van der Waals surface area contributed by atoms with Gasteiger partial charge in [-0.1, -0.05) is 6.92 Å². The highest BCUT2D eigenvalue weighted by Gasteiger charge is 2.31. The fourth-order valence-electron chi connectivity index (χ4n) is 2.42. The van der Waals surface area contributed by atoms with Gasteiger partial charge in [0.25, 0.3) is 0 Å². The molecule has 0 heterocycles. The lowest BCUT2D eigenvalue weighted by molar-refractivity contribution is -0.126. The molecule has 1 amide bonds. The van der Waals surface area contributed by atoms with E-state index < -0.39 is 0 Å². The molecule has 1 aliphatic carbocycles. The topological polar surface area (TPSA) is 64.3 Å². The fourth-order valence-corrected chi connectivity index (χ4v) is 2.42. The van der Waals surface area contributed by atoms with Gasteiger partial charge < -0.3 is 15.8 Å². The van der Waals surface area contributed by atoms with E-state index in [1.807, 2.05) is 0 Å². The zero-order valence-corrected chi connectivity index (χ0v) is 11.1. The zero-order valence-electron chi connectivity index (χ0n) is 11.1. The molecule has 0 spiro atoms. The van der Waals surface area contributed by atoms with Crippen molar-refractivity contribution in [2.24, 2.45) is 17.6 Å². The number of carbonyl (C=O) groups is 1. The molecule has 1 fully saturated rings. The van der Waals surface area contributed by atoms with Crippen molar-refractivity contribution in [3.8, 4) is 0 Å². The number of hydrogen-bond acceptors (Lipinski definition) is 3. The molecule has 0 saturated heterocycles. The Bertz CT molecular complexity index is 233. The zero-order chi connectivity index (χ0) is 12.7. The van der Waals surface area contributed by atoms with Gasteiger partial charge in [-0.3, -0.25) is 4.79 Å². The molecule has 0 aromatic heterocycles. The van der Waals surface area contributed by atoms with Gasteiger partial charge in [-0.2, -0.15) is 0 Å². The third-order valence-corrected chi connectivity index (χ3v) is 3.58. The molecule has 1 rings (SSSR count). The third-order valence-electron chi connectivity index (χ3n) is 3.58. The SMILES string of the molecule is COCCCCNC(=O)C1CC(C)CCC1N. The normalized spacial score (nSPS) is 29.0. The highest BCUT2D eigenvalue weighted by molar-refractivity contribution is 5.79. The van der Waals surface area contributed by atoms with E-state index in [9.17, 15) is 4.79 Å². The maximum atomic E-state index is 12.0. The Morgan fingerprint density at radius 1 is 1.41 bits per heavy atom. The molecule has 0 aromatic carbocycles. The first-order valence-corrected chi connectivity index (χ1v) is 6.67. The van der Waals surface area contributed by atoms with Crippen molar-refractivity contribution >= 4 is 5.91 Å². The molecule has 4 nitrogen and oxygen atoms in total. The molecule has 0 bridgehead atoms. The summed E-state index contributed by atoms with van der Waals surface area (Å²) in [6, 6.07) is 0.0465. The smallest absolute Gasteiger partial charge is 0.224 e. The minimum absolute atomic E-state index is 0.0150. The highest BCUT2D eigenvalue weighted by Crippen LogP contribution is 2.27. The van der Waals surface area contributed by atoms with Crippen molar-refractivity contribution in [3.63, 3.8) is 0 Å². The molecule has 3 unspecified atom stereocenters. The van der Waals surface area contributed by atoms with Crippen LogP contribution in [0.25, 0.3) is 0 Å². The Morgan fingerprint density at radius 3 is 2.88 bits per heavy atom. The molecular formula is C13H26N2O2. The van der Waals surface area contributed by atoms with Crippen molar-refractivity contribution in [1.82, 2.24) is 5.32 Å². The second-order valence-corrected chi connectivity index (χ2v) is 5.18. The quantitative estimate of drug-likeness (QED) is 0.690. The first-order chi connectivity index (χ1) is 8.15. The third kappa shape index (κ3) is 5.04. The van der Waals surface area contributed by atoms with E-state index in [1.165, 1.54) is 0 Å². The van der Waals surface area contributed by atoms with Crippen LogP contribution in [0.3, 0.4) is 0 Å². The largest absolute Gasteiger partial charge is 0.385 e. The van der Waals surface area contributed by atoms with Crippen molar-refractivity contribution in [2.45, 2.75) is 45.1 Å². The minimum atomic E-state index is 0.0150. The van der Waals surface area contributed by atoms with Crippen LogP contribution in [0.2, 0.25) is 0 Å². The summed E-state index contributed by atoms with van der Waals surface area (Å²) in [4.78, 5) is 12.0. The molecule has 0 aliphatic heterocycles. The van der Waals surface area contributed by atoms with Crippen molar-refractivity contribution in [2.75, 3.05) is 20.3 Å². The van der Waals surface area contributed by atoms with Crippen LogP contribution >= 0.6 is 0 Å². The van der Waals surface area contributed by atoms with Crippen LogP contribution in [0.5, 0.6) is 0 Å². The van der Waals surface area contributed by atoms with E-state index in [1.54, 1.807) is 7.11 Å². The molecule has 0 radical (unpaired) electrons. The van der Waals surface area contributed by atoms with Gasteiger partial charge in [-0.05, 0) is 38.0 Å². The Balaban J connectivity index is 2.21. The van der Waals surface area contributed by atoms with E-state index in [0.29, 0.717) is 5.92 Å². The summed E-state index contributed by atoms with van der Waals surface area (Å²) < 4.78 is 4.96. The summed E-state index contributed by atoms with van der Waals surface area (Å²) in [5, 5.41) is 2.99. The van der Waals surface area contributed by atoms with Crippen LogP contribution < -0.4 is 11.1 Å². The molecule has 100 valence electrons. The summed E-state index contributed by atoms with van der Waals surface area (Å²) in [5.41, 5.74) is 6.01. The lowest BCUT2D eigenvalue weighted by atomic mass is 9.79. The predicted octanol–water partition coefficient (Wildman–Crippen LogP) is 1.29. The van der Waals surface area contributed by atoms with Crippen LogP contribution in [0.4, 0.5) is 0 Å². The number of unbranched alkanes of at least 4 members (excludes halogenated alkanes) is 1. The van der Waals surface area contributed by atoms with Gasteiger partial charge in [-0.15, -0.1) is 0 Å². The van der Waals surface area contributed by atoms with E-state index in [0.717, 1.165) is 45.3 Å². The number of rotatable bonds is 6. The number of carbonyl (C=O) groups excluding carboxylic acids is 1. The van der Waals surface area contributed by atoms with E-state index >= 15 is 0 Å². The number of amides is 1. The lowest BCUT2D eigenvalue weighted by Crippen LogP contribution is -2.45. The molecule has 1 saturated carbocycles. The lowest BCUT2D eigenvalue weighted by Gasteiger charge is -2.31. The van der Waals surface area contributed by atoms with Gasteiger partial charge in [0.1, 0.15) is 0 Å². The second kappa shape index (κ2) is 7.67. The Morgan fingerprint density at radius 2 is 2.18 bits per heavy atom. The number of nitrogens with one attached hydrogen (secondary N) is 1. The van der Waals surface area contributed by atoms with E-state index in [2.05, 4.69) is 12.2 Å². The standard InChI is InChI=1S/C13H26N2O2/c1-10-5-6-12(14)11(9-10)13(16)15-7-3-4-8-17-2/h10-12H,3-9,14H2,1-2H3,(H,15,16). The van der Waals surface area contributed by atoms with Gasteiger partial charge in [0.2, 0.25) is 5.91 Å². The maximum Gasteiger partial charge on any atom is 0.224 e. The first-order valence-electron chi connectivity index (χ1n) is 6.67. The van der Waals surface area contributed by atoms with Crippen LogP contribution in [-0.4, -0.2) is 32.2 Å². The van der Waals surface area contributed by atoms with Gasteiger partial charge in [0, 0.05) is 26.3 Å². The average molecular weight is 242 g/mol. The van der Waals surface area contributed by atoms with Gasteiger partial charge in [0.15, 0.2) is 0 Å². The van der Waals surface area contributed by atoms with Crippen molar-refractivity contribution < 1.29 is 9.53 Å². The van der Waals surface area contributed by atoms with Crippen LogP contribution in [0.1, 0.15) is 39.0 Å². The van der Waals surface area contributed by atoms with E-state index in [-0.39, 0.29) is 17.9 Å². The first kappa shape index (κ1) is 14.5. The Kier molecular flexibility index (Phi) is 6.52. The highest BCUT2D eigenvalue weighted by atomic mass is 16.5. The fraction of sp³-hybridized carbons (Fsp3) is 0.923. The van der Waals surface area contributed by atoms with Crippen molar-refractivity contribution in [3.05, 3.63) is 0 Å². The summed E-state index contributed by atoms with van der Waals surface area (Å²) in [5.74, 6) is 0.779. The Labute approximate surface area is 104 Å². The van der Waals surface area contributed by atoms with Crippen molar-refractivity contribution in [1.29, 1.82) is 0 Å². The molecular weight excluding hydrogens is 216 g/mol. The molecule has 17 heavy (non-hydrogen) atoms. The monoisotopic (exact) mass is 242 g/mol. The number of hydrogen-bond donors (Lipinski definition) is 2.